The van der Waals surface area contributed by atoms with Gasteiger partial charge in [-0.2, -0.15) is 13.2 Å². The summed E-state index contributed by atoms with van der Waals surface area (Å²) in [5, 5.41) is 2.84. The summed E-state index contributed by atoms with van der Waals surface area (Å²) >= 11 is 0. The summed E-state index contributed by atoms with van der Waals surface area (Å²) in [6.07, 6.45) is -4.26. The smallest absolute Gasteiger partial charge is 0.316 e. The second kappa shape index (κ2) is 4.00. The first-order valence-electron chi connectivity index (χ1n) is 4.27. The number of nitrogens with one attached hydrogen (secondary N) is 1. The molecule has 1 nitrogen and oxygen atoms in total. The molecule has 78 valence electrons. The predicted octanol–water partition coefficient (Wildman–Crippen LogP) is 2.73. The quantitative estimate of drug-likeness (QED) is 0.779. The molecule has 0 bridgehead atoms. The Hall–Kier alpha value is -1.03. The van der Waals surface area contributed by atoms with Crippen molar-refractivity contribution >= 4 is 0 Å². The highest BCUT2D eigenvalue weighted by Crippen LogP contribution is 2.32. The lowest BCUT2D eigenvalue weighted by Crippen LogP contribution is -2.12. The SMILES string of the molecule is CNCc1cccc(C(F)(F)F)c1C. The number of benzene rings is 1. The summed E-state index contributed by atoms with van der Waals surface area (Å²) in [4.78, 5) is 0. The third kappa shape index (κ3) is 2.26. The largest absolute Gasteiger partial charge is 0.416 e. The van der Waals surface area contributed by atoms with E-state index < -0.39 is 11.7 Å². The minimum absolute atomic E-state index is 0.300. The summed E-state index contributed by atoms with van der Waals surface area (Å²) in [6, 6.07) is 4.23. The second-order valence-corrected chi connectivity index (χ2v) is 3.12. The van der Waals surface area contributed by atoms with Gasteiger partial charge in [0, 0.05) is 6.54 Å². The molecule has 0 amide bonds. The van der Waals surface area contributed by atoms with Gasteiger partial charge in [-0.3, -0.25) is 0 Å². The molecule has 14 heavy (non-hydrogen) atoms. The Morgan fingerprint density at radius 3 is 2.43 bits per heavy atom. The lowest BCUT2D eigenvalue weighted by Gasteiger charge is -2.13. The maximum Gasteiger partial charge on any atom is 0.416 e. The number of hydrogen-bond donors (Lipinski definition) is 1. The Labute approximate surface area is 80.9 Å². The number of hydrogen-bond acceptors (Lipinski definition) is 1. The van der Waals surface area contributed by atoms with Gasteiger partial charge in [0.1, 0.15) is 0 Å². The molecule has 0 unspecified atom stereocenters. The zero-order valence-electron chi connectivity index (χ0n) is 8.07. The van der Waals surface area contributed by atoms with Crippen molar-refractivity contribution in [2.45, 2.75) is 19.6 Å². The Kier molecular flexibility index (Phi) is 3.16. The molecule has 0 saturated carbocycles. The normalized spacial score (nSPS) is 11.8. The van der Waals surface area contributed by atoms with Crippen molar-refractivity contribution in [2.24, 2.45) is 0 Å². The molecule has 1 rings (SSSR count). The molecule has 4 heteroatoms. The highest BCUT2D eigenvalue weighted by Gasteiger charge is 2.32. The number of halogens is 3. The van der Waals surface area contributed by atoms with Gasteiger partial charge in [0.2, 0.25) is 0 Å². The molecule has 0 aliphatic carbocycles. The van der Waals surface area contributed by atoms with E-state index in [2.05, 4.69) is 5.32 Å². The summed E-state index contributed by atoms with van der Waals surface area (Å²) < 4.78 is 37.3. The Balaban J connectivity index is 3.14. The molecule has 0 radical (unpaired) electrons. The van der Waals surface area contributed by atoms with Crippen LogP contribution in [0.25, 0.3) is 0 Å². The molecule has 0 atom stereocenters. The van der Waals surface area contributed by atoms with Crippen molar-refractivity contribution in [3.63, 3.8) is 0 Å². The Bertz CT molecular complexity index is 318. The Morgan fingerprint density at radius 2 is 1.93 bits per heavy atom. The zero-order valence-corrected chi connectivity index (χ0v) is 8.07. The summed E-state index contributed by atoms with van der Waals surface area (Å²) in [5.74, 6) is 0. The third-order valence-electron chi connectivity index (χ3n) is 2.12. The van der Waals surface area contributed by atoms with Crippen LogP contribution in [0.3, 0.4) is 0 Å². The van der Waals surface area contributed by atoms with E-state index in [4.69, 9.17) is 0 Å². The molecular formula is C10H12F3N. The molecule has 1 aromatic rings. The van der Waals surface area contributed by atoms with Crippen molar-refractivity contribution in [3.8, 4) is 0 Å². The number of alkyl halides is 3. The fraction of sp³-hybridized carbons (Fsp3) is 0.400. The van der Waals surface area contributed by atoms with Crippen LogP contribution in [0, 0.1) is 6.92 Å². The van der Waals surface area contributed by atoms with Gasteiger partial charge in [-0.15, -0.1) is 0 Å². The van der Waals surface area contributed by atoms with Crippen LogP contribution in [-0.4, -0.2) is 7.05 Å². The van der Waals surface area contributed by atoms with Crippen LogP contribution in [0.5, 0.6) is 0 Å². The lowest BCUT2D eigenvalue weighted by molar-refractivity contribution is -0.138. The van der Waals surface area contributed by atoms with Crippen LogP contribution in [0.2, 0.25) is 0 Å². The maximum atomic E-state index is 12.4. The van der Waals surface area contributed by atoms with Gasteiger partial charge < -0.3 is 5.32 Å². The highest BCUT2D eigenvalue weighted by molar-refractivity contribution is 5.35. The van der Waals surface area contributed by atoms with Gasteiger partial charge in [0.25, 0.3) is 0 Å². The van der Waals surface area contributed by atoms with Crippen molar-refractivity contribution < 1.29 is 13.2 Å². The Morgan fingerprint density at radius 1 is 1.29 bits per heavy atom. The van der Waals surface area contributed by atoms with E-state index >= 15 is 0 Å². The molecule has 0 heterocycles. The molecule has 0 saturated heterocycles. The highest BCUT2D eigenvalue weighted by atomic mass is 19.4. The third-order valence-corrected chi connectivity index (χ3v) is 2.12. The van der Waals surface area contributed by atoms with Crippen LogP contribution < -0.4 is 5.32 Å². The first-order valence-corrected chi connectivity index (χ1v) is 4.27. The maximum absolute atomic E-state index is 12.4. The predicted molar refractivity (Wildman–Crippen MR) is 48.9 cm³/mol. The van der Waals surface area contributed by atoms with Crippen molar-refractivity contribution in [2.75, 3.05) is 7.05 Å². The van der Waals surface area contributed by atoms with Crippen LogP contribution >= 0.6 is 0 Å². The first-order chi connectivity index (χ1) is 6.46. The molecule has 0 aliphatic rings. The van der Waals surface area contributed by atoms with Crippen molar-refractivity contribution in [3.05, 3.63) is 34.9 Å². The fourth-order valence-electron chi connectivity index (χ4n) is 1.37. The first kappa shape index (κ1) is 11.0. The van der Waals surface area contributed by atoms with E-state index in [9.17, 15) is 13.2 Å². The van der Waals surface area contributed by atoms with E-state index in [-0.39, 0.29) is 0 Å². The average Bonchev–Trinajstić information content (AvgIpc) is 2.07. The van der Waals surface area contributed by atoms with Gasteiger partial charge in [-0.25, -0.2) is 0 Å². The second-order valence-electron chi connectivity index (χ2n) is 3.12. The number of rotatable bonds is 2. The summed E-state index contributed by atoms with van der Waals surface area (Å²) in [5.41, 5.74) is 0.432. The standard InChI is InChI=1S/C10H12F3N/c1-7-8(6-14-2)4-3-5-9(7)10(11,12)13/h3-5,14H,6H2,1-2H3. The van der Waals surface area contributed by atoms with Gasteiger partial charge in [0.05, 0.1) is 5.56 Å². The van der Waals surface area contributed by atoms with Crippen LogP contribution in [0.1, 0.15) is 16.7 Å². The summed E-state index contributed by atoms with van der Waals surface area (Å²) in [7, 11) is 1.71. The van der Waals surface area contributed by atoms with Crippen molar-refractivity contribution in [1.82, 2.24) is 5.32 Å². The molecular weight excluding hydrogens is 191 g/mol. The van der Waals surface area contributed by atoms with Gasteiger partial charge in [-0.05, 0) is 31.2 Å². The van der Waals surface area contributed by atoms with E-state index in [1.807, 2.05) is 0 Å². The van der Waals surface area contributed by atoms with E-state index in [1.54, 1.807) is 13.1 Å². The van der Waals surface area contributed by atoms with Crippen LogP contribution in [0.15, 0.2) is 18.2 Å². The fourth-order valence-corrected chi connectivity index (χ4v) is 1.37. The van der Waals surface area contributed by atoms with Gasteiger partial charge >= 0.3 is 6.18 Å². The average molecular weight is 203 g/mol. The molecule has 0 aromatic heterocycles. The van der Waals surface area contributed by atoms with Gasteiger partial charge in [0.15, 0.2) is 0 Å². The van der Waals surface area contributed by atoms with Crippen LogP contribution in [0.4, 0.5) is 13.2 Å². The van der Waals surface area contributed by atoms with Crippen molar-refractivity contribution in [1.29, 1.82) is 0 Å². The van der Waals surface area contributed by atoms with Crippen LogP contribution in [-0.2, 0) is 12.7 Å². The molecule has 1 aromatic carbocycles. The molecule has 0 spiro atoms. The molecule has 1 N–H and O–H groups in total. The van der Waals surface area contributed by atoms with Gasteiger partial charge in [-0.1, -0.05) is 12.1 Å². The monoisotopic (exact) mass is 203 g/mol. The van der Waals surface area contributed by atoms with E-state index in [0.717, 1.165) is 6.07 Å². The lowest BCUT2D eigenvalue weighted by atomic mass is 10.0. The minimum atomic E-state index is -4.26. The minimum Gasteiger partial charge on any atom is -0.316 e. The summed E-state index contributed by atoms with van der Waals surface area (Å²) in [6.45, 7) is 1.95. The topological polar surface area (TPSA) is 12.0 Å². The molecule has 0 aliphatic heterocycles. The van der Waals surface area contributed by atoms with E-state index in [0.29, 0.717) is 17.7 Å². The molecule has 0 fully saturated rings. The zero-order chi connectivity index (χ0) is 10.8. The van der Waals surface area contributed by atoms with E-state index in [1.165, 1.54) is 13.0 Å².